The molecule has 0 unspecified atom stereocenters. The van der Waals surface area contributed by atoms with Gasteiger partial charge in [0.15, 0.2) is 6.61 Å². The van der Waals surface area contributed by atoms with Crippen LogP contribution in [0.2, 0.25) is 0 Å². The Morgan fingerprint density at radius 3 is 2.27 bits per heavy atom. The normalized spacial score (nSPS) is 14.5. The number of ether oxygens (including phenoxy) is 1. The number of nitrogens with zero attached hydrogens (tertiary/aromatic N) is 1. The van der Waals surface area contributed by atoms with E-state index in [0.717, 1.165) is 22.4 Å². The molecule has 4 rings (SSSR count). The van der Waals surface area contributed by atoms with E-state index in [1.807, 2.05) is 91.9 Å². The van der Waals surface area contributed by atoms with Crippen molar-refractivity contribution in [2.24, 2.45) is 5.92 Å². The van der Waals surface area contributed by atoms with Crippen molar-refractivity contribution in [2.45, 2.75) is 32.2 Å². The third-order valence-corrected chi connectivity index (χ3v) is 6.55. The number of amides is 3. The molecule has 1 aliphatic rings. The van der Waals surface area contributed by atoms with Gasteiger partial charge in [0.1, 0.15) is 0 Å². The van der Waals surface area contributed by atoms with E-state index < -0.39 is 5.97 Å². The average Bonchev–Trinajstić information content (AvgIpc) is 2.92. The summed E-state index contributed by atoms with van der Waals surface area (Å²) in [4.78, 5) is 39.6. The lowest BCUT2D eigenvalue weighted by molar-refractivity contribution is -0.154. The molecule has 3 amide bonds. The molecule has 0 bridgehead atoms. The Hall–Kier alpha value is -4.13. The molecular weight excluding hydrogens is 466 g/mol. The predicted molar refractivity (Wildman–Crippen MR) is 143 cm³/mol. The van der Waals surface area contributed by atoms with Crippen LogP contribution in [0, 0.1) is 12.8 Å². The van der Waals surface area contributed by atoms with E-state index in [2.05, 4.69) is 10.6 Å². The van der Waals surface area contributed by atoms with Gasteiger partial charge in [-0.25, -0.2) is 4.79 Å². The van der Waals surface area contributed by atoms with E-state index in [0.29, 0.717) is 32.4 Å². The third-order valence-electron chi connectivity index (χ3n) is 6.55. The number of piperidine rings is 1. The van der Waals surface area contributed by atoms with Crippen LogP contribution in [-0.2, 0) is 20.7 Å². The number of urea groups is 1. The highest BCUT2D eigenvalue weighted by Crippen LogP contribution is 2.21. The molecular formula is C30H33N3O4. The molecule has 1 saturated heterocycles. The van der Waals surface area contributed by atoms with E-state index in [4.69, 9.17) is 4.74 Å². The van der Waals surface area contributed by atoms with Crippen LogP contribution in [0.1, 0.15) is 35.6 Å². The topological polar surface area (TPSA) is 87.7 Å². The molecule has 1 aliphatic heterocycles. The molecule has 2 N–H and O–H groups in total. The number of hydrogen-bond donors (Lipinski definition) is 2. The molecule has 3 aromatic rings. The van der Waals surface area contributed by atoms with Gasteiger partial charge in [-0.3, -0.25) is 9.59 Å². The molecule has 3 aromatic carbocycles. The van der Waals surface area contributed by atoms with Gasteiger partial charge in [-0.1, -0.05) is 72.8 Å². The molecule has 0 saturated carbocycles. The number of carbonyl (C=O) groups excluding carboxylic acids is 3. The number of carbonyl (C=O) groups is 3. The average molecular weight is 500 g/mol. The summed E-state index contributed by atoms with van der Waals surface area (Å²) in [5.41, 5.74) is 3.91. The van der Waals surface area contributed by atoms with Gasteiger partial charge < -0.3 is 20.3 Å². The summed E-state index contributed by atoms with van der Waals surface area (Å²) in [6.07, 6.45) is 1.64. The van der Waals surface area contributed by atoms with E-state index in [1.165, 1.54) is 0 Å². The Labute approximate surface area is 217 Å². The standard InChI is InChI=1S/C30H33N3O4/c1-22-9-8-14-26(19-22)31-30(36)33-17-15-25(16-18-33)29(35)37-21-28(34)32-27(24-12-6-3-7-13-24)20-23-10-4-2-5-11-23/h2-14,19,25,27H,15-18,20-21H2,1H3,(H,31,36)(H,32,34)/t27-/m1/s1. The highest BCUT2D eigenvalue weighted by Gasteiger charge is 2.29. The summed E-state index contributed by atoms with van der Waals surface area (Å²) < 4.78 is 5.36. The summed E-state index contributed by atoms with van der Waals surface area (Å²) in [7, 11) is 0. The first kappa shape index (κ1) is 25.9. The van der Waals surface area contributed by atoms with Crippen LogP contribution >= 0.6 is 0 Å². The molecule has 37 heavy (non-hydrogen) atoms. The van der Waals surface area contributed by atoms with Crippen molar-refractivity contribution in [3.8, 4) is 0 Å². The van der Waals surface area contributed by atoms with Gasteiger partial charge in [0.05, 0.1) is 12.0 Å². The number of rotatable bonds is 8. The minimum absolute atomic E-state index is 0.179. The van der Waals surface area contributed by atoms with Crippen molar-refractivity contribution in [1.29, 1.82) is 0 Å². The zero-order valence-electron chi connectivity index (χ0n) is 21.1. The van der Waals surface area contributed by atoms with Crippen molar-refractivity contribution >= 4 is 23.6 Å². The number of hydrogen-bond acceptors (Lipinski definition) is 4. The summed E-state index contributed by atoms with van der Waals surface area (Å²) in [5, 5.41) is 5.92. The second-order valence-electron chi connectivity index (χ2n) is 9.39. The van der Waals surface area contributed by atoms with Crippen LogP contribution in [0.3, 0.4) is 0 Å². The first-order chi connectivity index (χ1) is 18.0. The number of anilines is 1. The van der Waals surface area contributed by atoms with Crippen molar-refractivity contribution in [2.75, 3.05) is 25.0 Å². The molecule has 0 aliphatic carbocycles. The monoisotopic (exact) mass is 499 g/mol. The van der Waals surface area contributed by atoms with Crippen LogP contribution in [0.4, 0.5) is 10.5 Å². The maximum atomic E-state index is 12.7. The van der Waals surface area contributed by atoms with Crippen LogP contribution in [0.25, 0.3) is 0 Å². The highest BCUT2D eigenvalue weighted by molar-refractivity contribution is 5.89. The lowest BCUT2D eigenvalue weighted by atomic mass is 9.97. The molecule has 1 fully saturated rings. The number of benzene rings is 3. The Bertz CT molecular complexity index is 1190. The van der Waals surface area contributed by atoms with E-state index in [-0.39, 0.29) is 30.5 Å². The lowest BCUT2D eigenvalue weighted by Gasteiger charge is -2.31. The van der Waals surface area contributed by atoms with Crippen LogP contribution in [-0.4, -0.2) is 42.5 Å². The summed E-state index contributed by atoms with van der Waals surface area (Å²) in [5.74, 6) is -1.06. The summed E-state index contributed by atoms with van der Waals surface area (Å²) in [6, 6.07) is 26.9. The van der Waals surface area contributed by atoms with Crippen LogP contribution in [0.15, 0.2) is 84.9 Å². The number of likely N-dealkylation sites (tertiary alicyclic amines) is 1. The second kappa shape index (κ2) is 12.7. The fourth-order valence-corrected chi connectivity index (χ4v) is 4.52. The fourth-order valence-electron chi connectivity index (χ4n) is 4.52. The molecule has 0 aromatic heterocycles. The quantitative estimate of drug-likeness (QED) is 0.433. The van der Waals surface area contributed by atoms with Gasteiger partial charge in [0.25, 0.3) is 5.91 Å². The molecule has 7 nitrogen and oxygen atoms in total. The zero-order valence-corrected chi connectivity index (χ0v) is 21.1. The first-order valence-electron chi connectivity index (χ1n) is 12.7. The molecule has 192 valence electrons. The number of nitrogens with one attached hydrogen (secondary N) is 2. The van der Waals surface area contributed by atoms with Crippen molar-refractivity contribution in [1.82, 2.24) is 10.2 Å². The Morgan fingerprint density at radius 1 is 0.919 bits per heavy atom. The Balaban J connectivity index is 1.24. The first-order valence-corrected chi connectivity index (χ1v) is 12.7. The Kier molecular flexibility index (Phi) is 8.92. The van der Waals surface area contributed by atoms with E-state index in [9.17, 15) is 14.4 Å². The molecule has 0 spiro atoms. The smallest absolute Gasteiger partial charge is 0.321 e. The van der Waals surface area contributed by atoms with Gasteiger partial charge >= 0.3 is 12.0 Å². The van der Waals surface area contributed by atoms with Gasteiger partial charge in [0, 0.05) is 18.8 Å². The summed E-state index contributed by atoms with van der Waals surface area (Å²) >= 11 is 0. The molecule has 1 heterocycles. The van der Waals surface area contributed by atoms with E-state index >= 15 is 0 Å². The number of esters is 1. The van der Waals surface area contributed by atoms with Crippen LogP contribution < -0.4 is 10.6 Å². The van der Waals surface area contributed by atoms with Crippen LogP contribution in [0.5, 0.6) is 0 Å². The molecule has 7 heteroatoms. The fraction of sp³-hybridized carbons (Fsp3) is 0.300. The molecule has 1 atom stereocenters. The minimum atomic E-state index is -0.395. The predicted octanol–water partition coefficient (Wildman–Crippen LogP) is 4.88. The largest absolute Gasteiger partial charge is 0.455 e. The zero-order chi connectivity index (χ0) is 26.0. The summed E-state index contributed by atoms with van der Waals surface area (Å²) in [6.45, 7) is 2.55. The minimum Gasteiger partial charge on any atom is -0.455 e. The Morgan fingerprint density at radius 2 is 1.59 bits per heavy atom. The van der Waals surface area contributed by atoms with Crippen molar-refractivity contribution in [3.63, 3.8) is 0 Å². The SMILES string of the molecule is Cc1cccc(NC(=O)N2CCC(C(=O)OCC(=O)N[C@H](Cc3ccccc3)c3ccccc3)CC2)c1. The molecule has 0 radical (unpaired) electrons. The number of aryl methyl sites for hydroxylation is 1. The highest BCUT2D eigenvalue weighted by atomic mass is 16.5. The van der Waals surface area contributed by atoms with Crippen molar-refractivity contribution < 1.29 is 19.1 Å². The van der Waals surface area contributed by atoms with E-state index in [1.54, 1.807) is 4.90 Å². The van der Waals surface area contributed by atoms with Crippen molar-refractivity contribution in [3.05, 3.63) is 102 Å². The lowest BCUT2D eigenvalue weighted by Crippen LogP contribution is -2.43. The third kappa shape index (κ3) is 7.67. The van der Waals surface area contributed by atoms with Gasteiger partial charge in [-0.15, -0.1) is 0 Å². The maximum absolute atomic E-state index is 12.7. The van der Waals surface area contributed by atoms with Gasteiger partial charge in [-0.05, 0) is 55.0 Å². The van der Waals surface area contributed by atoms with Gasteiger partial charge in [-0.2, -0.15) is 0 Å². The second-order valence-corrected chi connectivity index (χ2v) is 9.39. The maximum Gasteiger partial charge on any atom is 0.321 e. The van der Waals surface area contributed by atoms with Gasteiger partial charge in [0.2, 0.25) is 0 Å².